The van der Waals surface area contributed by atoms with Gasteiger partial charge in [0.15, 0.2) is 5.82 Å². The predicted molar refractivity (Wildman–Crippen MR) is 72.9 cm³/mol. The summed E-state index contributed by atoms with van der Waals surface area (Å²) in [6, 6.07) is 8.06. The van der Waals surface area contributed by atoms with Gasteiger partial charge in [0.05, 0.1) is 0 Å². The molecule has 5 heteroatoms. The van der Waals surface area contributed by atoms with E-state index >= 15 is 0 Å². The topological polar surface area (TPSA) is 60.2 Å². The van der Waals surface area contributed by atoms with E-state index in [1.165, 1.54) is 0 Å². The fourth-order valence-electron chi connectivity index (χ4n) is 3.00. The maximum atomic E-state index is 5.68. The number of nitrogens with one attached hydrogen (secondary N) is 1. The number of hydrogen-bond donors (Lipinski definition) is 1. The third-order valence-corrected chi connectivity index (χ3v) is 4.16. The number of fused-ring (bicyclic) bond motifs is 1. The molecule has 2 aliphatic heterocycles. The molecule has 104 valence electrons. The lowest BCUT2D eigenvalue weighted by Gasteiger charge is -2.19. The summed E-state index contributed by atoms with van der Waals surface area (Å²) < 4.78 is 11.2. The highest BCUT2D eigenvalue weighted by Crippen LogP contribution is 2.37. The molecule has 0 bridgehead atoms. The van der Waals surface area contributed by atoms with Gasteiger partial charge in [-0.3, -0.25) is 0 Å². The highest BCUT2D eigenvalue weighted by molar-refractivity contribution is 5.42. The Balaban J connectivity index is 1.59. The first-order chi connectivity index (χ1) is 9.92. The molecule has 1 N–H and O–H groups in total. The first-order valence-electron chi connectivity index (χ1n) is 7.18. The van der Waals surface area contributed by atoms with Crippen molar-refractivity contribution in [2.45, 2.75) is 24.7 Å². The molecule has 0 aliphatic carbocycles. The summed E-state index contributed by atoms with van der Waals surface area (Å²) in [6.45, 7) is 2.65. The fraction of sp³-hybridized carbons (Fsp3) is 0.467. The monoisotopic (exact) mass is 271 g/mol. The van der Waals surface area contributed by atoms with Gasteiger partial charge >= 0.3 is 0 Å². The van der Waals surface area contributed by atoms with Gasteiger partial charge in [0.25, 0.3) is 0 Å². The number of benzene rings is 1. The number of nitrogens with zero attached hydrogens (tertiary/aromatic N) is 2. The fourth-order valence-corrected chi connectivity index (χ4v) is 3.00. The molecule has 1 saturated heterocycles. The second kappa shape index (κ2) is 4.90. The van der Waals surface area contributed by atoms with E-state index in [2.05, 4.69) is 21.5 Å². The largest absolute Gasteiger partial charge is 0.492 e. The first kappa shape index (κ1) is 11.9. The Morgan fingerprint density at radius 2 is 2.00 bits per heavy atom. The minimum absolute atomic E-state index is 0.0779. The highest BCUT2D eigenvalue weighted by atomic mass is 16.5. The number of para-hydroxylation sites is 1. The SMILES string of the molecule is c1ccc2c(c1)OCC2c1nc(C2CCNCC2)no1. The molecule has 0 radical (unpaired) electrons. The summed E-state index contributed by atoms with van der Waals surface area (Å²) in [5, 5.41) is 7.54. The lowest BCUT2D eigenvalue weighted by molar-refractivity contribution is 0.303. The van der Waals surface area contributed by atoms with Crippen LogP contribution in [-0.2, 0) is 0 Å². The molecule has 4 rings (SSSR count). The molecular formula is C15H17N3O2. The number of piperidine rings is 1. The molecular weight excluding hydrogens is 254 g/mol. The van der Waals surface area contributed by atoms with Crippen molar-refractivity contribution < 1.29 is 9.26 Å². The number of ether oxygens (including phenoxy) is 1. The second-order valence-electron chi connectivity index (χ2n) is 5.42. The number of hydrogen-bond acceptors (Lipinski definition) is 5. The molecule has 0 spiro atoms. The van der Waals surface area contributed by atoms with Crippen molar-refractivity contribution in [3.8, 4) is 5.75 Å². The molecule has 3 heterocycles. The van der Waals surface area contributed by atoms with Crippen molar-refractivity contribution in [2.75, 3.05) is 19.7 Å². The molecule has 0 saturated carbocycles. The average molecular weight is 271 g/mol. The first-order valence-corrected chi connectivity index (χ1v) is 7.18. The summed E-state index contributed by atoms with van der Waals surface area (Å²) in [5.41, 5.74) is 1.15. The van der Waals surface area contributed by atoms with E-state index < -0.39 is 0 Å². The Bertz CT molecular complexity index is 605. The standard InChI is InChI=1S/C15H17N3O2/c1-2-4-13-11(3-1)12(9-19-13)15-17-14(18-20-15)10-5-7-16-8-6-10/h1-4,10,12,16H,5-9H2. The van der Waals surface area contributed by atoms with E-state index in [4.69, 9.17) is 9.26 Å². The van der Waals surface area contributed by atoms with Gasteiger partial charge in [0, 0.05) is 11.5 Å². The van der Waals surface area contributed by atoms with Crippen LogP contribution in [0.25, 0.3) is 0 Å². The van der Waals surface area contributed by atoms with Crippen LogP contribution in [-0.4, -0.2) is 29.8 Å². The Labute approximate surface area is 117 Å². The van der Waals surface area contributed by atoms with E-state index in [-0.39, 0.29) is 5.92 Å². The van der Waals surface area contributed by atoms with Gasteiger partial charge in [0.2, 0.25) is 5.89 Å². The molecule has 1 fully saturated rings. The molecule has 1 aromatic carbocycles. The Morgan fingerprint density at radius 1 is 1.15 bits per heavy atom. The molecule has 0 amide bonds. The van der Waals surface area contributed by atoms with Gasteiger partial charge in [-0.05, 0) is 32.0 Å². The lowest BCUT2D eigenvalue weighted by Crippen LogP contribution is -2.27. The molecule has 2 aliphatic rings. The summed E-state index contributed by atoms with van der Waals surface area (Å²) >= 11 is 0. The average Bonchev–Trinajstić information content (AvgIpc) is 3.14. The number of rotatable bonds is 2. The maximum absolute atomic E-state index is 5.68. The van der Waals surface area contributed by atoms with Crippen LogP contribution >= 0.6 is 0 Å². The van der Waals surface area contributed by atoms with Gasteiger partial charge in [-0.1, -0.05) is 23.4 Å². The van der Waals surface area contributed by atoms with Crippen LogP contribution in [0.1, 0.15) is 42.0 Å². The Kier molecular flexibility index (Phi) is 2.92. The molecule has 1 unspecified atom stereocenters. The quantitative estimate of drug-likeness (QED) is 0.906. The van der Waals surface area contributed by atoms with Crippen molar-refractivity contribution >= 4 is 0 Å². The van der Waals surface area contributed by atoms with Gasteiger partial charge in [-0.2, -0.15) is 4.98 Å². The zero-order valence-electron chi connectivity index (χ0n) is 11.2. The smallest absolute Gasteiger partial charge is 0.237 e. The van der Waals surface area contributed by atoms with Crippen LogP contribution in [0, 0.1) is 0 Å². The van der Waals surface area contributed by atoms with E-state index in [9.17, 15) is 0 Å². The van der Waals surface area contributed by atoms with E-state index in [1.54, 1.807) is 0 Å². The Morgan fingerprint density at radius 3 is 2.90 bits per heavy atom. The molecule has 2 aromatic rings. The van der Waals surface area contributed by atoms with E-state index in [0.29, 0.717) is 18.4 Å². The van der Waals surface area contributed by atoms with Crippen molar-refractivity contribution in [1.82, 2.24) is 15.5 Å². The summed E-state index contributed by atoms with van der Waals surface area (Å²) in [7, 11) is 0. The predicted octanol–water partition coefficient (Wildman–Crippen LogP) is 2.06. The minimum atomic E-state index is 0.0779. The van der Waals surface area contributed by atoms with Crippen molar-refractivity contribution in [2.24, 2.45) is 0 Å². The van der Waals surface area contributed by atoms with Crippen LogP contribution < -0.4 is 10.1 Å². The molecule has 1 atom stereocenters. The van der Waals surface area contributed by atoms with Gasteiger partial charge < -0.3 is 14.6 Å². The molecule has 20 heavy (non-hydrogen) atoms. The second-order valence-corrected chi connectivity index (χ2v) is 5.42. The van der Waals surface area contributed by atoms with Crippen molar-refractivity contribution in [3.05, 3.63) is 41.5 Å². The van der Waals surface area contributed by atoms with Gasteiger partial charge in [0.1, 0.15) is 18.3 Å². The molecule has 1 aromatic heterocycles. The summed E-state index contributed by atoms with van der Waals surface area (Å²) in [6.07, 6.45) is 2.16. The number of aromatic nitrogens is 2. The highest BCUT2D eigenvalue weighted by Gasteiger charge is 2.31. The van der Waals surface area contributed by atoms with Crippen LogP contribution in [0.15, 0.2) is 28.8 Å². The third-order valence-electron chi connectivity index (χ3n) is 4.16. The van der Waals surface area contributed by atoms with Crippen LogP contribution in [0.5, 0.6) is 5.75 Å². The Hall–Kier alpha value is -1.88. The van der Waals surface area contributed by atoms with Gasteiger partial charge in [-0.15, -0.1) is 0 Å². The summed E-state index contributed by atoms with van der Waals surface area (Å²) in [5.74, 6) is 2.97. The van der Waals surface area contributed by atoms with Gasteiger partial charge in [-0.25, -0.2) is 0 Å². The van der Waals surface area contributed by atoms with E-state index in [0.717, 1.165) is 43.1 Å². The minimum Gasteiger partial charge on any atom is -0.492 e. The zero-order chi connectivity index (χ0) is 13.4. The van der Waals surface area contributed by atoms with Crippen LogP contribution in [0.4, 0.5) is 0 Å². The third kappa shape index (κ3) is 1.98. The van der Waals surface area contributed by atoms with E-state index in [1.807, 2.05) is 18.2 Å². The van der Waals surface area contributed by atoms with Crippen LogP contribution in [0.3, 0.4) is 0 Å². The zero-order valence-corrected chi connectivity index (χ0v) is 11.2. The lowest BCUT2D eigenvalue weighted by atomic mass is 9.97. The normalized spacial score (nSPS) is 22.5. The van der Waals surface area contributed by atoms with Crippen LogP contribution in [0.2, 0.25) is 0 Å². The maximum Gasteiger partial charge on any atom is 0.237 e. The van der Waals surface area contributed by atoms with Crippen molar-refractivity contribution in [3.63, 3.8) is 0 Å². The summed E-state index contributed by atoms with van der Waals surface area (Å²) in [4.78, 5) is 4.63. The molecule has 5 nitrogen and oxygen atoms in total. The van der Waals surface area contributed by atoms with Crippen molar-refractivity contribution in [1.29, 1.82) is 0 Å².